The average Bonchev–Trinajstić information content (AvgIpc) is 2.97. The highest BCUT2D eigenvalue weighted by atomic mass is 32.2. The Hall–Kier alpha value is -3.92. The lowest BCUT2D eigenvalue weighted by Gasteiger charge is -2.30. The molecule has 0 bridgehead atoms. The van der Waals surface area contributed by atoms with Crippen molar-refractivity contribution in [3.8, 4) is 17.2 Å². The molecule has 0 saturated carbocycles. The first-order chi connectivity index (χ1) is 19.2. The van der Waals surface area contributed by atoms with Crippen LogP contribution in [-0.2, 0) is 16.7 Å². The van der Waals surface area contributed by atoms with E-state index in [9.17, 15) is 13.2 Å². The zero-order valence-corrected chi connectivity index (χ0v) is 24.8. The minimum atomic E-state index is -4.17. The SMILES string of the molecule is CCC(C)N(Cc1ccc(N(CC)CC)cc1OS(=O)(=O)c1ccc(OC)cc1)C(=O)Nc1ccccc1OC. The molecule has 40 heavy (non-hydrogen) atoms. The summed E-state index contributed by atoms with van der Waals surface area (Å²) < 4.78 is 42.9. The summed E-state index contributed by atoms with van der Waals surface area (Å²) in [5, 5.41) is 2.93. The number of amides is 2. The number of nitrogens with one attached hydrogen (secondary N) is 1. The second-order valence-corrected chi connectivity index (χ2v) is 10.7. The molecule has 0 aliphatic rings. The monoisotopic (exact) mass is 569 g/mol. The van der Waals surface area contributed by atoms with E-state index in [2.05, 4.69) is 10.2 Å². The number of para-hydroxylation sites is 2. The number of anilines is 2. The molecule has 2 amide bonds. The number of rotatable bonds is 13. The Labute approximate surface area is 237 Å². The van der Waals surface area contributed by atoms with Gasteiger partial charge in [0.15, 0.2) is 0 Å². The van der Waals surface area contributed by atoms with Crippen LogP contribution in [0.4, 0.5) is 16.2 Å². The third-order valence-electron chi connectivity index (χ3n) is 6.80. The molecule has 0 spiro atoms. The zero-order valence-electron chi connectivity index (χ0n) is 24.0. The molecule has 0 fully saturated rings. The van der Waals surface area contributed by atoms with Crippen LogP contribution < -0.4 is 23.9 Å². The Kier molecular flexibility index (Phi) is 10.7. The second kappa shape index (κ2) is 13.9. The number of hydrogen-bond donors (Lipinski definition) is 1. The van der Waals surface area contributed by atoms with Crippen molar-refractivity contribution < 1.29 is 26.9 Å². The van der Waals surface area contributed by atoms with Gasteiger partial charge in [-0.1, -0.05) is 25.1 Å². The van der Waals surface area contributed by atoms with Crippen molar-refractivity contribution in [1.82, 2.24) is 4.90 Å². The van der Waals surface area contributed by atoms with E-state index in [-0.39, 0.29) is 29.3 Å². The van der Waals surface area contributed by atoms with E-state index < -0.39 is 10.1 Å². The molecule has 1 unspecified atom stereocenters. The molecule has 0 aromatic heterocycles. The Morgan fingerprint density at radius 3 is 2.17 bits per heavy atom. The normalized spacial score (nSPS) is 11.8. The van der Waals surface area contributed by atoms with Gasteiger partial charge in [0.25, 0.3) is 0 Å². The maximum atomic E-state index is 13.5. The quantitative estimate of drug-likeness (QED) is 0.247. The molecule has 216 valence electrons. The van der Waals surface area contributed by atoms with Crippen LogP contribution in [0.1, 0.15) is 39.7 Å². The number of urea groups is 1. The Balaban J connectivity index is 2.00. The van der Waals surface area contributed by atoms with Crippen LogP contribution in [-0.4, -0.2) is 52.7 Å². The molecular weight excluding hydrogens is 530 g/mol. The van der Waals surface area contributed by atoms with Crippen molar-refractivity contribution in [2.75, 3.05) is 37.5 Å². The van der Waals surface area contributed by atoms with Crippen molar-refractivity contribution in [3.05, 3.63) is 72.3 Å². The molecule has 3 aromatic carbocycles. The van der Waals surface area contributed by atoms with Crippen LogP contribution in [0.5, 0.6) is 17.2 Å². The fourth-order valence-electron chi connectivity index (χ4n) is 4.21. The van der Waals surface area contributed by atoms with Crippen molar-refractivity contribution in [3.63, 3.8) is 0 Å². The lowest BCUT2D eigenvalue weighted by atomic mass is 10.1. The number of carbonyl (C=O) groups excluding carboxylic acids is 1. The highest BCUT2D eigenvalue weighted by Crippen LogP contribution is 2.31. The molecule has 0 radical (unpaired) electrons. The molecule has 0 aliphatic carbocycles. The van der Waals surface area contributed by atoms with Gasteiger partial charge in [0, 0.05) is 36.4 Å². The number of benzene rings is 3. The van der Waals surface area contributed by atoms with Crippen LogP contribution in [0, 0.1) is 0 Å². The van der Waals surface area contributed by atoms with E-state index in [0.29, 0.717) is 29.2 Å². The number of hydrogen-bond acceptors (Lipinski definition) is 7. The van der Waals surface area contributed by atoms with E-state index in [1.807, 2.05) is 52.0 Å². The summed E-state index contributed by atoms with van der Waals surface area (Å²) in [6.45, 7) is 9.59. The van der Waals surface area contributed by atoms with E-state index in [1.165, 1.54) is 19.2 Å². The smallest absolute Gasteiger partial charge is 0.339 e. The van der Waals surface area contributed by atoms with Crippen LogP contribution >= 0.6 is 0 Å². The Bertz CT molecular complexity index is 1370. The van der Waals surface area contributed by atoms with Gasteiger partial charge in [0.1, 0.15) is 22.1 Å². The lowest BCUT2D eigenvalue weighted by molar-refractivity contribution is 0.186. The molecule has 3 aromatic rings. The molecule has 1 N–H and O–H groups in total. The molecule has 0 heterocycles. The van der Waals surface area contributed by atoms with E-state index in [1.54, 1.807) is 42.3 Å². The highest BCUT2D eigenvalue weighted by Gasteiger charge is 2.25. The summed E-state index contributed by atoms with van der Waals surface area (Å²) in [6.07, 6.45) is 0.692. The lowest BCUT2D eigenvalue weighted by Crippen LogP contribution is -2.40. The molecule has 3 rings (SSSR count). The second-order valence-electron chi connectivity index (χ2n) is 9.19. The summed E-state index contributed by atoms with van der Waals surface area (Å²) in [7, 11) is -1.11. The summed E-state index contributed by atoms with van der Waals surface area (Å²) in [6, 6.07) is 18.1. The molecule has 10 heteroatoms. The molecular formula is C30H39N3O6S. The molecule has 0 saturated heterocycles. The van der Waals surface area contributed by atoms with Gasteiger partial charge in [-0.05, 0) is 69.7 Å². The summed E-state index contributed by atoms with van der Waals surface area (Å²) in [4.78, 5) is 17.3. The van der Waals surface area contributed by atoms with Gasteiger partial charge in [-0.2, -0.15) is 8.42 Å². The van der Waals surface area contributed by atoms with Crippen LogP contribution in [0.25, 0.3) is 0 Å². The van der Waals surface area contributed by atoms with Crippen LogP contribution in [0.3, 0.4) is 0 Å². The minimum Gasteiger partial charge on any atom is -0.497 e. The van der Waals surface area contributed by atoms with Crippen molar-refractivity contribution in [2.24, 2.45) is 0 Å². The van der Waals surface area contributed by atoms with E-state index in [4.69, 9.17) is 13.7 Å². The standard InChI is InChI=1S/C30H39N3O6S/c1-7-22(4)33(30(34)31-27-12-10-11-13-28(27)38-6)21-23-14-15-24(32(8-2)9-3)20-29(23)39-40(35,36)26-18-16-25(37-5)17-19-26/h10-20,22H,7-9,21H2,1-6H3,(H,31,34). The van der Waals surface area contributed by atoms with Gasteiger partial charge in [-0.25, -0.2) is 4.79 Å². The summed E-state index contributed by atoms with van der Waals surface area (Å²) in [5.74, 6) is 1.24. The minimum absolute atomic E-state index is 0.000176. The number of carbonyl (C=O) groups is 1. The fourth-order valence-corrected chi connectivity index (χ4v) is 5.17. The predicted octanol–water partition coefficient (Wildman–Crippen LogP) is 6.15. The summed E-state index contributed by atoms with van der Waals surface area (Å²) >= 11 is 0. The Morgan fingerprint density at radius 1 is 0.900 bits per heavy atom. The maximum absolute atomic E-state index is 13.5. The van der Waals surface area contributed by atoms with Crippen LogP contribution in [0.15, 0.2) is 71.6 Å². The topological polar surface area (TPSA) is 97.4 Å². The summed E-state index contributed by atoms with van der Waals surface area (Å²) in [5.41, 5.74) is 1.92. The predicted molar refractivity (Wildman–Crippen MR) is 158 cm³/mol. The first-order valence-corrected chi connectivity index (χ1v) is 14.7. The van der Waals surface area contributed by atoms with Gasteiger partial charge in [0.05, 0.1) is 26.5 Å². The van der Waals surface area contributed by atoms with Gasteiger partial charge in [-0.3, -0.25) is 0 Å². The van der Waals surface area contributed by atoms with Crippen molar-refractivity contribution >= 4 is 27.5 Å². The van der Waals surface area contributed by atoms with E-state index >= 15 is 0 Å². The van der Waals surface area contributed by atoms with E-state index in [0.717, 1.165) is 18.8 Å². The van der Waals surface area contributed by atoms with Crippen LogP contribution in [0.2, 0.25) is 0 Å². The van der Waals surface area contributed by atoms with Crippen molar-refractivity contribution in [1.29, 1.82) is 0 Å². The number of methoxy groups -OCH3 is 2. The third kappa shape index (κ3) is 7.38. The first-order valence-electron chi connectivity index (χ1n) is 13.3. The number of nitrogens with zero attached hydrogens (tertiary/aromatic N) is 2. The van der Waals surface area contributed by atoms with Gasteiger partial charge in [0.2, 0.25) is 0 Å². The van der Waals surface area contributed by atoms with Gasteiger partial charge < -0.3 is 28.8 Å². The zero-order chi connectivity index (χ0) is 29.3. The first kappa shape index (κ1) is 30.6. The fraction of sp³-hybridized carbons (Fsp3) is 0.367. The molecule has 9 nitrogen and oxygen atoms in total. The number of ether oxygens (including phenoxy) is 2. The maximum Gasteiger partial charge on any atom is 0.339 e. The van der Waals surface area contributed by atoms with Gasteiger partial charge in [-0.15, -0.1) is 0 Å². The average molecular weight is 570 g/mol. The third-order valence-corrected chi connectivity index (χ3v) is 8.05. The highest BCUT2D eigenvalue weighted by molar-refractivity contribution is 7.87. The Morgan fingerprint density at radius 2 is 1.57 bits per heavy atom. The van der Waals surface area contributed by atoms with Gasteiger partial charge >= 0.3 is 16.1 Å². The van der Waals surface area contributed by atoms with Crippen molar-refractivity contribution in [2.45, 2.75) is 51.6 Å². The largest absolute Gasteiger partial charge is 0.497 e. The molecule has 0 aliphatic heterocycles. The molecule has 1 atom stereocenters.